The van der Waals surface area contributed by atoms with Gasteiger partial charge in [-0.25, -0.2) is 0 Å². The van der Waals surface area contributed by atoms with Gasteiger partial charge in [0.2, 0.25) is 0 Å². The van der Waals surface area contributed by atoms with Crippen LogP contribution in [0.5, 0.6) is 5.75 Å². The Kier molecular flexibility index (Phi) is 5.02. The van der Waals surface area contributed by atoms with Crippen molar-refractivity contribution in [2.75, 3.05) is 13.2 Å². The van der Waals surface area contributed by atoms with Crippen molar-refractivity contribution in [3.05, 3.63) is 29.8 Å². The van der Waals surface area contributed by atoms with Gasteiger partial charge >= 0.3 is 0 Å². The lowest BCUT2D eigenvalue weighted by atomic mass is 10.1. The number of rotatable bonds is 6. The van der Waals surface area contributed by atoms with Crippen LogP contribution >= 0.6 is 0 Å². The maximum Gasteiger partial charge on any atom is 0.115 e. The van der Waals surface area contributed by atoms with Gasteiger partial charge in [-0.15, -0.1) is 0 Å². The van der Waals surface area contributed by atoms with Crippen LogP contribution in [0.4, 0.5) is 0 Å². The predicted molar refractivity (Wildman–Crippen MR) is 72.7 cm³/mol. The van der Waals surface area contributed by atoms with Crippen molar-refractivity contribution in [2.24, 2.45) is 0 Å². The molecule has 2 rings (SSSR count). The smallest absolute Gasteiger partial charge is 0.115 e. The topological polar surface area (TPSA) is 41.5 Å². The third-order valence-electron chi connectivity index (χ3n) is 3.60. The lowest BCUT2D eigenvalue weighted by molar-refractivity contribution is 0.0593. The van der Waals surface area contributed by atoms with Crippen LogP contribution in [0.15, 0.2) is 24.3 Å². The summed E-state index contributed by atoms with van der Waals surface area (Å²) >= 11 is 0. The summed E-state index contributed by atoms with van der Waals surface area (Å²) in [4.78, 5) is 0. The Hall–Kier alpha value is -1.06. The van der Waals surface area contributed by atoms with Crippen molar-refractivity contribution < 1.29 is 9.84 Å². The fourth-order valence-corrected chi connectivity index (χ4v) is 2.44. The number of benzene rings is 1. The van der Waals surface area contributed by atoms with Crippen LogP contribution in [-0.2, 0) is 4.74 Å². The van der Waals surface area contributed by atoms with Crippen molar-refractivity contribution in [2.45, 2.75) is 44.8 Å². The normalized spacial score (nSPS) is 18.1. The standard InChI is InChI=1S/C15H23NO2/c1-12(13-6-8-14(17)9-7-13)16-10-11-18-15-4-2-3-5-15/h6-9,12,15-17H,2-5,10-11H2,1H3. The van der Waals surface area contributed by atoms with E-state index in [2.05, 4.69) is 12.2 Å². The van der Waals surface area contributed by atoms with E-state index in [4.69, 9.17) is 4.74 Å². The Morgan fingerprint density at radius 1 is 1.28 bits per heavy atom. The number of hydrogen-bond acceptors (Lipinski definition) is 3. The second-order valence-corrected chi connectivity index (χ2v) is 5.04. The molecule has 0 aromatic heterocycles. The zero-order valence-corrected chi connectivity index (χ0v) is 11.1. The molecule has 100 valence electrons. The van der Waals surface area contributed by atoms with Gasteiger partial charge < -0.3 is 15.2 Å². The van der Waals surface area contributed by atoms with Gasteiger partial charge in [0.25, 0.3) is 0 Å². The Balaban J connectivity index is 1.64. The molecule has 1 aliphatic carbocycles. The Morgan fingerprint density at radius 2 is 1.94 bits per heavy atom. The van der Waals surface area contributed by atoms with Crippen molar-refractivity contribution >= 4 is 0 Å². The molecule has 0 spiro atoms. The fraction of sp³-hybridized carbons (Fsp3) is 0.600. The first-order chi connectivity index (χ1) is 8.75. The summed E-state index contributed by atoms with van der Waals surface area (Å²) < 4.78 is 5.81. The van der Waals surface area contributed by atoms with Gasteiger partial charge in [-0.2, -0.15) is 0 Å². The molecule has 1 atom stereocenters. The molecule has 1 aromatic rings. The molecule has 0 bridgehead atoms. The minimum absolute atomic E-state index is 0.290. The van der Waals surface area contributed by atoms with Crippen LogP contribution in [0.3, 0.4) is 0 Å². The van der Waals surface area contributed by atoms with Crippen LogP contribution in [0.2, 0.25) is 0 Å². The fourth-order valence-electron chi connectivity index (χ4n) is 2.44. The van der Waals surface area contributed by atoms with Crippen molar-refractivity contribution in [1.82, 2.24) is 5.32 Å². The molecule has 2 N–H and O–H groups in total. The molecule has 0 aliphatic heterocycles. The first-order valence-corrected chi connectivity index (χ1v) is 6.89. The highest BCUT2D eigenvalue weighted by atomic mass is 16.5. The van der Waals surface area contributed by atoms with E-state index in [1.54, 1.807) is 12.1 Å². The van der Waals surface area contributed by atoms with Crippen LogP contribution in [0.25, 0.3) is 0 Å². The van der Waals surface area contributed by atoms with E-state index in [-0.39, 0.29) is 6.04 Å². The molecule has 3 heteroatoms. The quantitative estimate of drug-likeness (QED) is 0.761. The third kappa shape index (κ3) is 4.00. The summed E-state index contributed by atoms with van der Waals surface area (Å²) in [6.07, 6.45) is 5.60. The molecule has 3 nitrogen and oxygen atoms in total. The van der Waals surface area contributed by atoms with Gasteiger partial charge in [0, 0.05) is 12.6 Å². The molecule has 1 saturated carbocycles. The Bertz CT molecular complexity index is 344. The summed E-state index contributed by atoms with van der Waals surface area (Å²) in [5, 5.41) is 12.7. The van der Waals surface area contributed by atoms with Crippen LogP contribution < -0.4 is 5.32 Å². The first kappa shape index (κ1) is 13.4. The molecule has 0 radical (unpaired) electrons. The summed E-state index contributed by atoms with van der Waals surface area (Å²) in [5.41, 5.74) is 1.19. The SMILES string of the molecule is CC(NCCOC1CCCC1)c1ccc(O)cc1. The Morgan fingerprint density at radius 3 is 2.61 bits per heavy atom. The lowest BCUT2D eigenvalue weighted by Crippen LogP contribution is -2.25. The second-order valence-electron chi connectivity index (χ2n) is 5.04. The van der Waals surface area contributed by atoms with Gasteiger partial charge in [-0.05, 0) is 37.5 Å². The molecular weight excluding hydrogens is 226 g/mol. The van der Waals surface area contributed by atoms with Crippen molar-refractivity contribution in [3.63, 3.8) is 0 Å². The number of nitrogens with one attached hydrogen (secondary N) is 1. The van der Waals surface area contributed by atoms with Crippen LogP contribution in [0, 0.1) is 0 Å². The molecule has 1 aliphatic rings. The molecule has 18 heavy (non-hydrogen) atoms. The number of ether oxygens (including phenoxy) is 1. The molecule has 1 fully saturated rings. The molecule has 1 unspecified atom stereocenters. The van der Waals surface area contributed by atoms with Gasteiger partial charge in [0.05, 0.1) is 12.7 Å². The zero-order chi connectivity index (χ0) is 12.8. The minimum atomic E-state index is 0.290. The summed E-state index contributed by atoms with van der Waals surface area (Å²) in [6, 6.07) is 7.64. The Labute approximate surface area is 109 Å². The number of aromatic hydroxyl groups is 1. The zero-order valence-electron chi connectivity index (χ0n) is 11.1. The van der Waals surface area contributed by atoms with E-state index in [0.29, 0.717) is 11.9 Å². The van der Waals surface area contributed by atoms with Crippen LogP contribution in [-0.4, -0.2) is 24.4 Å². The molecule has 1 aromatic carbocycles. The van der Waals surface area contributed by atoms with E-state index in [1.165, 1.54) is 31.2 Å². The van der Waals surface area contributed by atoms with E-state index < -0.39 is 0 Å². The highest BCUT2D eigenvalue weighted by Crippen LogP contribution is 2.20. The number of hydrogen-bond donors (Lipinski definition) is 2. The first-order valence-electron chi connectivity index (χ1n) is 6.89. The van der Waals surface area contributed by atoms with Gasteiger partial charge in [-0.3, -0.25) is 0 Å². The monoisotopic (exact) mass is 249 g/mol. The molecular formula is C15H23NO2. The summed E-state index contributed by atoms with van der Waals surface area (Å²) in [7, 11) is 0. The average molecular weight is 249 g/mol. The second kappa shape index (κ2) is 6.76. The number of phenols is 1. The largest absolute Gasteiger partial charge is 0.508 e. The van der Waals surface area contributed by atoms with E-state index in [9.17, 15) is 5.11 Å². The van der Waals surface area contributed by atoms with Crippen molar-refractivity contribution in [1.29, 1.82) is 0 Å². The van der Waals surface area contributed by atoms with Gasteiger partial charge in [0.15, 0.2) is 0 Å². The van der Waals surface area contributed by atoms with Crippen molar-refractivity contribution in [3.8, 4) is 5.75 Å². The number of phenolic OH excluding ortho intramolecular Hbond substituents is 1. The molecule has 0 saturated heterocycles. The highest BCUT2D eigenvalue weighted by Gasteiger charge is 2.14. The predicted octanol–water partition coefficient (Wildman–Crippen LogP) is 3.00. The maximum absolute atomic E-state index is 9.23. The van der Waals surface area contributed by atoms with Crippen LogP contribution in [0.1, 0.15) is 44.2 Å². The minimum Gasteiger partial charge on any atom is -0.508 e. The van der Waals surface area contributed by atoms with E-state index >= 15 is 0 Å². The van der Waals surface area contributed by atoms with Gasteiger partial charge in [-0.1, -0.05) is 25.0 Å². The lowest BCUT2D eigenvalue weighted by Gasteiger charge is -2.16. The van der Waals surface area contributed by atoms with Gasteiger partial charge in [0.1, 0.15) is 5.75 Å². The van der Waals surface area contributed by atoms with E-state index in [0.717, 1.165) is 13.2 Å². The summed E-state index contributed by atoms with van der Waals surface area (Å²) in [5.74, 6) is 0.315. The highest BCUT2D eigenvalue weighted by molar-refractivity contribution is 5.27. The molecule has 0 amide bonds. The maximum atomic E-state index is 9.23. The summed E-state index contributed by atoms with van der Waals surface area (Å²) in [6.45, 7) is 3.79. The average Bonchev–Trinajstić information content (AvgIpc) is 2.88. The molecule has 0 heterocycles. The van der Waals surface area contributed by atoms with E-state index in [1.807, 2.05) is 12.1 Å². The third-order valence-corrected chi connectivity index (χ3v) is 3.60.